The van der Waals surface area contributed by atoms with E-state index < -0.39 is 5.91 Å². The smallest absolute Gasteiger partial charge is 0.278 e. The first-order valence-electron chi connectivity index (χ1n) is 4.48. The van der Waals surface area contributed by atoms with E-state index in [4.69, 9.17) is 9.94 Å². The van der Waals surface area contributed by atoms with Gasteiger partial charge in [0.05, 0.1) is 12.7 Å². The van der Waals surface area contributed by atoms with Crippen molar-refractivity contribution in [3.63, 3.8) is 0 Å². The van der Waals surface area contributed by atoms with Crippen LogP contribution in [0.2, 0.25) is 0 Å². The van der Waals surface area contributed by atoms with Crippen LogP contribution in [0.5, 0.6) is 5.75 Å². The summed E-state index contributed by atoms with van der Waals surface area (Å²) in [7, 11) is 1.39. The maximum absolute atomic E-state index is 11.2. The third kappa shape index (κ3) is 2.71. The summed E-state index contributed by atoms with van der Waals surface area (Å²) in [5, 5.41) is 11.0. The number of nitrogens with one attached hydrogen (secondary N) is 2. The number of ether oxygens (including phenoxy) is 1. The molecule has 0 fully saturated rings. The summed E-state index contributed by atoms with van der Waals surface area (Å²) in [6.07, 6.45) is 0. The van der Waals surface area contributed by atoms with E-state index in [9.17, 15) is 9.59 Å². The molecule has 1 rings (SSSR count). The molecule has 0 saturated heterocycles. The second-order valence-electron chi connectivity index (χ2n) is 3.04. The largest absolute Gasteiger partial charge is 0.496 e. The predicted octanol–water partition coefficient (Wildman–Crippen LogP) is 0.773. The van der Waals surface area contributed by atoms with E-state index in [0.29, 0.717) is 5.69 Å². The lowest BCUT2D eigenvalue weighted by molar-refractivity contribution is -0.114. The minimum Gasteiger partial charge on any atom is -0.496 e. The average Bonchev–Trinajstić information content (AvgIpc) is 2.27. The van der Waals surface area contributed by atoms with Crippen LogP contribution in [0.25, 0.3) is 0 Å². The second kappa shape index (κ2) is 5.13. The maximum atomic E-state index is 11.2. The van der Waals surface area contributed by atoms with Crippen molar-refractivity contribution in [2.45, 2.75) is 6.92 Å². The average molecular weight is 224 g/mol. The Morgan fingerprint density at radius 2 is 2.06 bits per heavy atom. The predicted molar refractivity (Wildman–Crippen MR) is 56.6 cm³/mol. The maximum Gasteiger partial charge on any atom is 0.278 e. The highest BCUT2D eigenvalue weighted by atomic mass is 16.5. The molecule has 0 aliphatic heterocycles. The fourth-order valence-corrected chi connectivity index (χ4v) is 1.22. The van der Waals surface area contributed by atoms with Crippen molar-refractivity contribution in [3.8, 4) is 5.75 Å². The Kier molecular flexibility index (Phi) is 3.84. The topological polar surface area (TPSA) is 87.7 Å². The molecule has 86 valence electrons. The molecular weight excluding hydrogens is 212 g/mol. The summed E-state index contributed by atoms with van der Waals surface area (Å²) in [6, 6.07) is 4.47. The van der Waals surface area contributed by atoms with Crippen LogP contribution in [-0.2, 0) is 4.79 Å². The van der Waals surface area contributed by atoms with Gasteiger partial charge in [-0.3, -0.25) is 14.8 Å². The van der Waals surface area contributed by atoms with Gasteiger partial charge in [0.2, 0.25) is 5.91 Å². The van der Waals surface area contributed by atoms with Gasteiger partial charge in [-0.25, -0.2) is 5.48 Å². The fraction of sp³-hybridized carbons (Fsp3) is 0.200. The lowest BCUT2D eigenvalue weighted by Crippen LogP contribution is -2.19. The van der Waals surface area contributed by atoms with Crippen LogP contribution < -0.4 is 15.5 Å². The van der Waals surface area contributed by atoms with Crippen molar-refractivity contribution in [1.29, 1.82) is 0 Å². The van der Waals surface area contributed by atoms with Crippen LogP contribution >= 0.6 is 0 Å². The van der Waals surface area contributed by atoms with Gasteiger partial charge in [0.25, 0.3) is 5.91 Å². The Bertz CT molecular complexity index is 417. The number of hydroxylamine groups is 1. The quantitative estimate of drug-likeness (QED) is 0.522. The lowest BCUT2D eigenvalue weighted by Gasteiger charge is -2.09. The first-order chi connectivity index (χ1) is 7.58. The van der Waals surface area contributed by atoms with Crippen molar-refractivity contribution >= 4 is 17.5 Å². The zero-order chi connectivity index (χ0) is 12.1. The molecule has 0 radical (unpaired) electrons. The molecule has 6 nitrogen and oxygen atoms in total. The fourth-order valence-electron chi connectivity index (χ4n) is 1.22. The summed E-state index contributed by atoms with van der Waals surface area (Å²) >= 11 is 0. The number of hydrogen-bond acceptors (Lipinski definition) is 4. The molecule has 0 heterocycles. The molecule has 0 atom stereocenters. The van der Waals surface area contributed by atoms with E-state index in [-0.39, 0.29) is 17.2 Å². The standard InChI is InChI=1S/C10H12N2O4/c1-6(13)11-7-3-4-8(10(14)12-15)9(5-7)16-2/h3-5,15H,1-2H3,(H,11,13)(H,12,14). The van der Waals surface area contributed by atoms with Gasteiger partial charge in [-0.2, -0.15) is 0 Å². The zero-order valence-electron chi connectivity index (χ0n) is 8.90. The first kappa shape index (κ1) is 12.0. The van der Waals surface area contributed by atoms with Crippen molar-refractivity contribution in [2.75, 3.05) is 12.4 Å². The molecule has 16 heavy (non-hydrogen) atoms. The third-order valence-corrected chi connectivity index (χ3v) is 1.87. The van der Waals surface area contributed by atoms with Crippen LogP contribution in [0.3, 0.4) is 0 Å². The molecule has 6 heteroatoms. The van der Waals surface area contributed by atoms with Gasteiger partial charge in [0, 0.05) is 18.7 Å². The number of carbonyl (C=O) groups excluding carboxylic acids is 2. The van der Waals surface area contributed by atoms with Gasteiger partial charge < -0.3 is 10.1 Å². The van der Waals surface area contributed by atoms with E-state index in [1.807, 2.05) is 0 Å². The number of amides is 2. The number of benzene rings is 1. The molecule has 0 spiro atoms. The summed E-state index contributed by atoms with van der Waals surface area (Å²) < 4.78 is 4.97. The van der Waals surface area contributed by atoms with Gasteiger partial charge in [-0.05, 0) is 12.1 Å². The number of hydrogen-bond donors (Lipinski definition) is 3. The Morgan fingerprint density at radius 1 is 1.38 bits per heavy atom. The van der Waals surface area contributed by atoms with Gasteiger partial charge in [-0.15, -0.1) is 0 Å². The number of rotatable bonds is 3. The molecule has 3 N–H and O–H groups in total. The minimum atomic E-state index is -0.675. The number of anilines is 1. The van der Waals surface area contributed by atoms with Crippen LogP contribution in [-0.4, -0.2) is 24.1 Å². The summed E-state index contributed by atoms with van der Waals surface area (Å²) in [6.45, 7) is 1.38. The van der Waals surface area contributed by atoms with Crippen LogP contribution in [0, 0.1) is 0 Å². The highest BCUT2D eigenvalue weighted by molar-refractivity contribution is 5.97. The third-order valence-electron chi connectivity index (χ3n) is 1.87. The lowest BCUT2D eigenvalue weighted by atomic mass is 10.1. The first-order valence-corrected chi connectivity index (χ1v) is 4.48. The molecule has 1 aromatic carbocycles. The molecular formula is C10H12N2O4. The van der Waals surface area contributed by atoms with Crippen molar-refractivity contribution in [3.05, 3.63) is 23.8 Å². The zero-order valence-corrected chi connectivity index (χ0v) is 8.90. The van der Waals surface area contributed by atoms with Gasteiger partial charge in [0.15, 0.2) is 0 Å². The molecule has 0 saturated carbocycles. The molecule has 2 amide bonds. The van der Waals surface area contributed by atoms with Crippen LogP contribution in [0.4, 0.5) is 5.69 Å². The number of carbonyl (C=O) groups is 2. The highest BCUT2D eigenvalue weighted by Crippen LogP contribution is 2.22. The van der Waals surface area contributed by atoms with E-state index in [2.05, 4.69) is 5.32 Å². The Morgan fingerprint density at radius 3 is 2.56 bits per heavy atom. The molecule has 0 aliphatic carbocycles. The normalized spacial score (nSPS) is 9.44. The van der Waals surface area contributed by atoms with Gasteiger partial charge >= 0.3 is 0 Å². The highest BCUT2D eigenvalue weighted by Gasteiger charge is 2.12. The SMILES string of the molecule is COc1cc(NC(C)=O)ccc1C(=O)NO. The minimum absolute atomic E-state index is 0.180. The number of methoxy groups -OCH3 is 1. The van der Waals surface area contributed by atoms with Crippen LogP contribution in [0.1, 0.15) is 17.3 Å². The molecule has 0 aromatic heterocycles. The molecule has 0 unspecified atom stereocenters. The van der Waals surface area contributed by atoms with Crippen LogP contribution in [0.15, 0.2) is 18.2 Å². The van der Waals surface area contributed by atoms with E-state index in [1.165, 1.54) is 37.7 Å². The molecule has 1 aromatic rings. The molecule has 0 bridgehead atoms. The van der Waals surface area contributed by atoms with Crippen molar-refractivity contribution < 1.29 is 19.5 Å². The van der Waals surface area contributed by atoms with Crippen molar-refractivity contribution in [1.82, 2.24) is 5.48 Å². The van der Waals surface area contributed by atoms with Crippen molar-refractivity contribution in [2.24, 2.45) is 0 Å². The van der Waals surface area contributed by atoms with E-state index >= 15 is 0 Å². The van der Waals surface area contributed by atoms with Gasteiger partial charge in [-0.1, -0.05) is 0 Å². The van der Waals surface area contributed by atoms with E-state index in [0.717, 1.165) is 0 Å². The monoisotopic (exact) mass is 224 g/mol. The second-order valence-corrected chi connectivity index (χ2v) is 3.04. The Balaban J connectivity index is 3.06. The van der Waals surface area contributed by atoms with Gasteiger partial charge in [0.1, 0.15) is 5.75 Å². The Hall–Kier alpha value is -2.08. The Labute approximate surface area is 92.2 Å². The van der Waals surface area contributed by atoms with E-state index in [1.54, 1.807) is 0 Å². The summed E-state index contributed by atoms with van der Waals surface area (Å²) in [4.78, 5) is 22.0. The molecule has 0 aliphatic rings. The summed E-state index contributed by atoms with van der Waals surface area (Å²) in [5.41, 5.74) is 2.20. The summed E-state index contributed by atoms with van der Waals surface area (Å²) in [5.74, 6) is -0.634.